The molecule has 2 heterocycles. The lowest BCUT2D eigenvalue weighted by atomic mass is 10.1. The zero-order valence-corrected chi connectivity index (χ0v) is 19.5. The third-order valence-electron chi connectivity index (χ3n) is 5.27. The van der Waals surface area contributed by atoms with Gasteiger partial charge in [-0.15, -0.1) is 11.3 Å². The maximum absolute atomic E-state index is 12.7. The zero-order chi connectivity index (χ0) is 22.8. The van der Waals surface area contributed by atoms with E-state index in [1.165, 1.54) is 4.70 Å². The van der Waals surface area contributed by atoms with Gasteiger partial charge in [0.1, 0.15) is 6.54 Å². The highest BCUT2D eigenvalue weighted by Gasteiger charge is 2.13. The summed E-state index contributed by atoms with van der Waals surface area (Å²) in [6.07, 6.45) is 0.762. The molecule has 0 fully saturated rings. The van der Waals surface area contributed by atoms with Crippen LogP contribution in [-0.2, 0) is 17.8 Å². The minimum Gasteiger partial charge on any atom is -0.325 e. The van der Waals surface area contributed by atoms with E-state index >= 15 is 0 Å². The lowest BCUT2D eigenvalue weighted by Gasteiger charge is -2.09. The molecule has 0 bridgehead atoms. The molecule has 0 aliphatic carbocycles. The molecule has 2 N–H and O–H groups in total. The van der Waals surface area contributed by atoms with Crippen molar-refractivity contribution < 1.29 is 4.79 Å². The molecule has 8 heteroatoms. The number of aryl methyl sites for hydroxylation is 1. The van der Waals surface area contributed by atoms with Crippen molar-refractivity contribution in [2.45, 2.75) is 19.9 Å². The van der Waals surface area contributed by atoms with Gasteiger partial charge in [0.25, 0.3) is 0 Å². The molecule has 2 aromatic heterocycles. The van der Waals surface area contributed by atoms with Gasteiger partial charge < -0.3 is 5.32 Å². The molecular formula is C25H21N5OS2. The fraction of sp³-hybridized carbons (Fsp3) is 0.120. The lowest BCUT2D eigenvalue weighted by molar-refractivity contribution is -0.116. The Morgan fingerprint density at radius 1 is 1.09 bits per heavy atom. The standard InChI is InChI=1S/C25H21N5OS2/c1-16-5-4-6-18(13-16)24-28-29-25(32)30(24)15-22(31)26-19-11-9-17(10-12-19)14-23-27-20-7-2-3-8-21(20)33-23/h2-13H,14-15H2,1H3,(H,26,31)(H,29,32). The second-order valence-electron chi connectivity index (χ2n) is 7.81. The molecular weight excluding hydrogens is 450 g/mol. The largest absolute Gasteiger partial charge is 0.325 e. The molecule has 5 rings (SSSR count). The molecule has 0 atom stereocenters. The number of carbonyl (C=O) groups excluding carboxylic acids is 1. The monoisotopic (exact) mass is 471 g/mol. The first-order valence-corrected chi connectivity index (χ1v) is 11.7. The van der Waals surface area contributed by atoms with Crippen LogP contribution in [0.5, 0.6) is 0 Å². The van der Waals surface area contributed by atoms with Crippen LogP contribution in [0.4, 0.5) is 5.69 Å². The number of aromatic nitrogens is 4. The van der Waals surface area contributed by atoms with Crippen molar-refractivity contribution >= 4 is 45.4 Å². The van der Waals surface area contributed by atoms with Crippen LogP contribution in [0, 0.1) is 11.7 Å². The fourth-order valence-electron chi connectivity index (χ4n) is 3.69. The number of nitrogens with one attached hydrogen (secondary N) is 2. The van der Waals surface area contributed by atoms with Gasteiger partial charge >= 0.3 is 0 Å². The number of aromatic amines is 1. The highest BCUT2D eigenvalue weighted by molar-refractivity contribution is 7.71. The van der Waals surface area contributed by atoms with E-state index in [1.807, 2.05) is 73.7 Å². The van der Waals surface area contributed by atoms with Crippen LogP contribution in [0.2, 0.25) is 0 Å². The van der Waals surface area contributed by atoms with Gasteiger partial charge in [0.2, 0.25) is 5.91 Å². The van der Waals surface area contributed by atoms with E-state index in [4.69, 9.17) is 17.2 Å². The molecule has 0 spiro atoms. The molecule has 0 radical (unpaired) electrons. The number of nitrogens with zero attached hydrogens (tertiary/aromatic N) is 3. The summed E-state index contributed by atoms with van der Waals surface area (Å²) in [6, 6.07) is 24.0. The number of H-pyrrole nitrogens is 1. The normalized spacial score (nSPS) is 11.1. The average Bonchev–Trinajstić information content (AvgIpc) is 3.38. The first kappa shape index (κ1) is 21.2. The van der Waals surface area contributed by atoms with E-state index in [-0.39, 0.29) is 12.5 Å². The van der Waals surface area contributed by atoms with Crippen molar-refractivity contribution in [1.82, 2.24) is 19.7 Å². The van der Waals surface area contributed by atoms with Crippen LogP contribution in [0.15, 0.2) is 72.8 Å². The van der Waals surface area contributed by atoms with Crippen molar-refractivity contribution in [3.05, 3.63) is 93.7 Å². The minimum absolute atomic E-state index is 0.0755. The van der Waals surface area contributed by atoms with Gasteiger partial charge in [0.05, 0.1) is 15.2 Å². The Morgan fingerprint density at radius 2 is 1.91 bits per heavy atom. The number of amides is 1. The number of hydrogen-bond acceptors (Lipinski definition) is 5. The molecule has 6 nitrogen and oxygen atoms in total. The Labute approximate surface area is 200 Å². The Hall–Kier alpha value is -3.62. The third kappa shape index (κ3) is 4.76. The predicted octanol–water partition coefficient (Wildman–Crippen LogP) is 5.76. The Morgan fingerprint density at radius 3 is 2.70 bits per heavy atom. The Kier molecular flexibility index (Phi) is 5.85. The first-order valence-electron chi connectivity index (χ1n) is 10.5. The number of benzene rings is 3. The van der Waals surface area contributed by atoms with E-state index in [9.17, 15) is 4.79 Å². The summed E-state index contributed by atoms with van der Waals surface area (Å²) in [5.41, 5.74) is 4.94. The van der Waals surface area contributed by atoms with Crippen LogP contribution < -0.4 is 5.32 Å². The van der Waals surface area contributed by atoms with Gasteiger partial charge in [-0.05, 0) is 55.0 Å². The van der Waals surface area contributed by atoms with E-state index < -0.39 is 0 Å². The molecule has 1 amide bonds. The summed E-state index contributed by atoms with van der Waals surface area (Å²) in [5.74, 6) is 0.477. The van der Waals surface area contributed by atoms with Crippen LogP contribution in [-0.4, -0.2) is 25.7 Å². The smallest absolute Gasteiger partial charge is 0.244 e. The van der Waals surface area contributed by atoms with Gasteiger partial charge in [-0.3, -0.25) is 14.5 Å². The SMILES string of the molecule is Cc1cccc(-c2n[nH]c(=S)n2CC(=O)Nc2ccc(Cc3nc4ccccc4s3)cc2)c1. The molecule has 164 valence electrons. The topological polar surface area (TPSA) is 75.6 Å². The summed E-state index contributed by atoms with van der Waals surface area (Å²) in [7, 11) is 0. The molecule has 0 saturated carbocycles. The highest BCUT2D eigenvalue weighted by Crippen LogP contribution is 2.24. The fourth-order valence-corrected chi connectivity index (χ4v) is 4.89. The van der Waals surface area contributed by atoms with Gasteiger partial charge in [-0.25, -0.2) is 4.98 Å². The molecule has 0 unspecified atom stereocenters. The second kappa shape index (κ2) is 9.09. The van der Waals surface area contributed by atoms with Crippen molar-refractivity contribution in [1.29, 1.82) is 0 Å². The van der Waals surface area contributed by atoms with Crippen molar-refractivity contribution in [3.63, 3.8) is 0 Å². The van der Waals surface area contributed by atoms with Crippen molar-refractivity contribution in [2.75, 3.05) is 5.32 Å². The summed E-state index contributed by atoms with van der Waals surface area (Å²) in [5, 5.41) is 11.1. The number of hydrogen-bond donors (Lipinski definition) is 2. The molecule has 0 aliphatic rings. The first-order chi connectivity index (χ1) is 16.0. The highest BCUT2D eigenvalue weighted by atomic mass is 32.1. The van der Waals surface area contributed by atoms with Gasteiger partial charge in [-0.1, -0.05) is 48.0 Å². The quantitative estimate of drug-likeness (QED) is 0.309. The maximum atomic E-state index is 12.7. The molecule has 33 heavy (non-hydrogen) atoms. The second-order valence-corrected chi connectivity index (χ2v) is 9.31. The van der Waals surface area contributed by atoms with Crippen LogP contribution in [0.3, 0.4) is 0 Å². The molecule has 5 aromatic rings. The Bertz CT molecular complexity index is 1460. The number of carbonyl (C=O) groups is 1. The van der Waals surface area contributed by atoms with Gasteiger partial charge in [0.15, 0.2) is 10.6 Å². The van der Waals surface area contributed by atoms with Crippen LogP contribution >= 0.6 is 23.6 Å². The van der Waals surface area contributed by atoms with E-state index in [0.717, 1.165) is 39.3 Å². The summed E-state index contributed by atoms with van der Waals surface area (Å²) < 4.78 is 3.31. The van der Waals surface area contributed by atoms with Crippen LogP contribution in [0.1, 0.15) is 16.1 Å². The van der Waals surface area contributed by atoms with E-state index in [2.05, 4.69) is 21.6 Å². The zero-order valence-electron chi connectivity index (χ0n) is 17.9. The number of rotatable bonds is 6. The number of fused-ring (bicyclic) bond motifs is 1. The van der Waals surface area contributed by atoms with Gasteiger partial charge in [-0.2, -0.15) is 5.10 Å². The number of para-hydroxylation sites is 1. The molecule has 0 aliphatic heterocycles. The van der Waals surface area contributed by atoms with Crippen molar-refractivity contribution in [3.8, 4) is 11.4 Å². The predicted molar refractivity (Wildman–Crippen MR) is 135 cm³/mol. The number of thiazole rings is 1. The van der Waals surface area contributed by atoms with Gasteiger partial charge in [0, 0.05) is 17.7 Å². The Balaban J connectivity index is 1.26. The summed E-state index contributed by atoms with van der Waals surface area (Å²) in [6.45, 7) is 2.09. The van der Waals surface area contributed by atoms with E-state index in [1.54, 1.807) is 15.9 Å². The van der Waals surface area contributed by atoms with Crippen molar-refractivity contribution in [2.24, 2.45) is 0 Å². The lowest BCUT2D eigenvalue weighted by Crippen LogP contribution is -2.19. The van der Waals surface area contributed by atoms with E-state index in [0.29, 0.717) is 10.6 Å². The summed E-state index contributed by atoms with van der Waals surface area (Å²) >= 11 is 7.06. The minimum atomic E-state index is -0.166. The molecule has 0 saturated heterocycles. The summed E-state index contributed by atoms with van der Waals surface area (Å²) in [4.78, 5) is 17.4. The number of anilines is 1. The maximum Gasteiger partial charge on any atom is 0.244 e. The van der Waals surface area contributed by atoms with Crippen LogP contribution in [0.25, 0.3) is 21.6 Å². The average molecular weight is 472 g/mol. The third-order valence-corrected chi connectivity index (χ3v) is 6.62. The molecule has 3 aromatic carbocycles.